The van der Waals surface area contributed by atoms with E-state index < -0.39 is 0 Å². The van der Waals surface area contributed by atoms with Gasteiger partial charge in [-0.2, -0.15) is 0 Å². The Morgan fingerprint density at radius 3 is 2.79 bits per heavy atom. The van der Waals surface area contributed by atoms with E-state index >= 15 is 0 Å². The van der Waals surface area contributed by atoms with Crippen LogP contribution in [-0.4, -0.2) is 5.11 Å². The number of nitrogens with two attached hydrogens (primary N) is 1. The van der Waals surface area contributed by atoms with Crippen LogP contribution in [0.15, 0.2) is 24.3 Å². The lowest BCUT2D eigenvalue weighted by molar-refractivity contribution is 0.263. The quantitative estimate of drug-likeness (QED) is 0.767. The van der Waals surface area contributed by atoms with Gasteiger partial charge in [-0.25, -0.2) is 0 Å². The molecule has 2 rings (SSSR count). The zero-order valence-electron chi connectivity index (χ0n) is 8.32. The molecular weight excluding hydrogens is 174 g/mol. The Morgan fingerprint density at radius 2 is 2.21 bits per heavy atom. The minimum Gasteiger partial charge on any atom is -0.392 e. The zero-order valence-corrected chi connectivity index (χ0v) is 8.32. The van der Waals surface area contributed by atoms with Crippen LogP contribution in [0.4, 0.5) is 0 Å². The predicted octanol–water partition coefficient (Wildman–Crippen LogP) is 1.98. The standard InChI is InChI=1S/C12H17NO/c13-12(10-4-2-5-10)11-6-1-3-9(7-11)8-14/h1,3,6-7,10,12,14H,2,4-5,8,13H2/t12-/m1/s1. The summed E-state index contributed by atoms with van der Waals surface area (Å²) in [5, 5.41) is 9.01. The molecule has 3 N–H and O–H groups in total. The average Bonchev–Trinajstić information content (AvgIpc) is 2.15. The van der Waals surface area contributed by atoms with Gasteiger partial charge in [0.25, 0.3) is 0 Å². The molecule has 14 heavy (non-hydrogen) atoms. The molecule has 0 heterocycles. The van der Waals surface area contributed by atoms with Crippen LogP contribution < -0.4 is 5.73 Å². The summed E-state index contributed by atoms with van der Waals surface area (Å²) >= 11 is 0. The van der Waals surface area contributed by atoms with Gasteiger partial charge in [0.15, 0.2) is 0 Å². The first-order valence-corrected chi connectivity index (χ1v) is 5.26. The first-order valence-electron chi connectivity index (χ1n) is 5.26. The first-order chi connectivity index (χ1) is 6.81. The van der Waals surface area contributed by atoms with Gasteiger partial charge in [0.05, 0.1) is 6.61 Å². The highest BCUT2D eigenvalue weighted by molar-refractivity contribution is 5.26. The van der Waals surface area contributed by atoms with Crippen LogP contribution in [-0.2, 0) is 6.61 Å². The van der Waals surface area contributed by atoms with Gasteiger partial charge in [0.1, 0.15) is 0 Å². The van der Waals surface area contributed by atoms with E-state index in [2.05, 4.69) is 6.07 Å². The molecule has 0 unspecified atom stereocenters. The van der Waals surface area contributed by atoms with Crippen molar-refractivity contribution in [3.8, 4) is 0 Å². The molecule has 0 amide bonds. The molecule has 1 aliphatic carbocycles. The van der Waals surface area contributed by atoms with Gasteiger partial charge in [-0.05, 0) is 29.9 Å². The molecule has 1 saturated carbocycles. The van der Waals surface area contributed by atoms with Gasteiger partial charge in [0.2, 0.25) is 0 Å². The molecule has 0 radical (unpaired) electrons. The van der Waals surface area contributed by atoms with Crippen molar-refractivity contribution in [1.29, 1.82) is 0 Å². The third-order valence-electron chi connectivity index (χ3n) is 3.18. The van der Waals surface area contributed by atoms with Gasteiger partial charge in [-0.15, -0.1) is 0 Å². The summed E-state index contributed by atoms with van der Waals surface area (Å²) in [7, 11) is 0. The van der Waals surface area contributed by atoms with Crippen molar-refractivity contribution >= 4 is 0 Å². The van der Waals surface area contributed by atoms with Gasteiger partial charge in [-0.3, -0.25) is 0 Å². The van der Waals surface area contributed by atoms with Gasteiger partial charge < -0.3 is 10.8 Å². The van der Waals surface area contributed by atoms with Crippen LogP contribution in [0.2, 0.25) is 0 Å². The van der Waals surface area contributed by atoms with E-state index in [0.29, 0.717) is 5.92 Å². The molecule has 1 aliphatic rings. The molecule has 1 atom stereocenters. The summed E-state index contributed by atoms with van der Waals surface area (Å²) in [6.45, 7) is 0.102. The van der Waals surface area contributed by atoms with Crippen molar-refractivity contribution in [2.75, 3.05) is 0 Å². The van der Waals surface area contributed by atoms with E-state index in [1.807, 2.05) is 18.2 Å². The normalized spacial score (nSPS) is 19.0. The fourth-order valence-corrected chi connectivity index (χ4v) is 1.97. The molecular formula is C12H17NO. The Morgan fingerprint density at radius 1 is 1.43 bits per heavy atom. The van der Waals surface area contributed by atoms with Gasteiger partial charge >= 0.3 is 0 Å². The van der Waals surface area contributed by atoms with Crippen LogP contribution in [0.3, 0.4) is 0 Å². The number of hydrogen-bond acceptors (Lipinski definition) is 2. The SMILES string of the molecule is N[C@@H](c1cccc(CO)c1)C1CCC1. The van der Waals surface area contributed by atoms with Crippen LogP contribution in [0.1, 0.15) is 36.4 Å². The largest absolute Gasteiger partial charge is 0.392 e. The van der Waals surface area contributed by atoms with Crippen molar-refractivity contribution in [2.45, 2.75) is 31.9 Å². The Balaban J connectivity index is 2.13. The number of aliphatic hydroxyl groups is 1. The number of benzene rings is 1. The topological polar surface area (TPSA) is 46.2 Å². The first kappa shape index (κ1) is 9.69. The van der Waals surface area contributed by atoms with E-state index in [-0.39, 0.29) is 12.6 Å². The Bertz CT molecular complexity index is 307. The minimum atomic E-state index is 0.102. The molecule has 0 spiro atoms. The van der Waals surface area contributed by atoms with Crippen LogP contribution >= 0.6 is 0 Å². The molecule has 1 aromatic carbocycles. The lowest BCUT2D eigenvalue weighted by Gasteiger charge is -2.31. The Kier molecular flexibility index (Phi) is 2.85. The molecule has 1 fully saturated rings. The van der Waals surface area contributed by atoms with Crippen molar-refractivity contribution in [1.82, 2.24) is 0 Å². The smallest absolute Gasteiger partial charge is 0.0681 e. The summed E-state index contributed by atoms with van der Waals surface area (Å²) in [5.41, 5.74) is 8.27. The Hall–Kier alpha value is -0.860. The maximum atomic E-state index is 9.01. The lowest BCUT2D eigenvalue weighted by atomic mass is 9.77. The molecule has 0 aromatic heterocycles. The highest BCUT2D eigenvalue weighted by atomic mass is 16.3. The van der Waals surface area contributed by atoms with Gasteiger partial charge in [-0.1, -0.05) is 30.7 Å². The molecule has 0 saturated heterocycles. The fourth-order valence-electron chi connectivity index (χ4n) is 1.97. The summed E-state index contributed by atoms with van der Waals surface area (Å²) in [6.07, 6.45) is 3.83. The van der Waals surface area contributed by atoms with E-state index in [1.165, 1.54) is 24.8 Å². The van der Waals surface area contributed by atoms with Crippen molar-refractivity contribution < 1.29 is 5.11 Å². The Labute approximate surface area is 84.7 Å². The maximum Gasteiger partial charge on any atom is 0.0681 e. The number of aliphatic hydroxyl groups excluding tert-OH is 1. The average molecular weight is 191 g/mol. The van der Waals surface area contributed by atoms with E-state index in [9.17, 15) is 0 Å². The van der Waals surface area contributed by atoms with Crippen molar-refractivity contribution in [2.24, 2.45) is 11.7 Å². The highest BCUT2D eigenvalue weighted by Crippen LogP contribution is 2.36. The van der Waals surface area contributed by atoms with Crippen molar-refractivity contribution in [3.05, 3.63) is 35.4 Å². The molecule has 0 bridgehead atoms. The molecule has 2 heteroatoms. The molecule has 76 valence electrons. The zero-order chi connectivity index (χ0) is 9.97. The minimum absolute atomic E-state index is 0.102. The van der Waals surface area contributed by atoms with Crippen molar-refractivity contribution in [3.63, 3.8) is 0 Å². The van der Waals surface area contributed by atoms with E-state index in [0.717, 1.165) is 5.56 Å². The van der Waals surface area contributed by atoms with E-state index in [4.69, 9.17) is 10.8 Å². The van der Waals surface area contributed by atoms with Crippen LogP contribution in [0.5, 0.6) is 0 Å². The predicted molar refractivity (Wildman–Crippen MR) is 56.6 cm³/mol. The van der Waals surface area contributed by atoms with Crippen LogP contribution in [0.25, 0.3) is 0 Å². The fraction of sp³-hybridized carbons (Fsp3) is 0.500. The number of hydrogen-bond donors (Lipinski definition) is 2. The highest BCUT2D eigenvalue weighted by Gasteiger charge is 2.25. The molecule has 0 aliphatic heterocycles. The summed E-state index contributed by atoms with van der Waals surface area (Å²) in [4.78, 5) is 0. The van der Waals surface area contributed by atoms with E-state index in [1.54, 1.807) is 0 Å². The second-order valence-electron chi connectivity index (χ2n) is 4.12. The third kappa shape index (κ3) is 1.81. The lowest BCUT2D eigenvalue weighted by Crippen LogP contribution is -2.26. The third-order valence-corrected chi connectivity index (χ3v) is 3.18. The monoisotopic (exact) mass is 191 g/mol. The molecule has 1 aromatic rings. The summed E-state index contributed by atoms with van der Waals surface area (Å²) < 4.78 is 0. The van der Waals surface area contributed by atoms with Crippen LogP contribution in [0, 0.1) is 5.92 Å². The second-order valence-corrected chi connectivity index (χ2v) is 4.12. The maximum absolute atomic E-state index is 9.01. The second kappa shape index (κ2) is 4.11. The van der Waals surface area contributed by atoms with Gasteiger partial charge in [0, 0.05) is 6.04 Å². The summed E-state index contributed by atoms with van der Waals surface area (Å²) in [6, 6.07) is 8.14. The number of rotatable bonds is 3. The summed E-state index contributed by atoms with van der Waals surface area (Å²) in [5.74, 6) is 0.656. The molecule has 2 nitrogen and oxygen atoms in total.